The highest BCUT2D eigenvalue weighted by Crippen LogP contribution is 2.14. The van der Waals surface area contributed by atoms with Crippen LogP contribution >= 0.6 is 0 Å². The normalized spacial score (nSPS) is 19.6. The van der Waals surface area contributed by atoms with Crippen molar-refractivity contribution in [2.75, 3.05) is 0 Å². The zero-order chi connectivity index (χ0) is 13.8. The average molecular weight is 262 g/mol. The second kappa shape index (κ2) is 5.51. The summed E-state index contributed by atoms with van der Waals surface area (Å²) in [5.41, 5.74) is 0.493. The molecule has 2 rings (SSSR count). The smallest absolute Gasteiger partial charge is 0.330 e. The van der Waals surface area contributed by atoms with Gasteiger partial charge in [-0.25, -0.2) is 4.79 Å². The SMILES string of the molecule is O=C1CCC(C(=O)N[C@@H](C(=O)O)c2ccccc2)N1. The van der Waals surface area contributed by atoms with E-state index in [1.165, 1.54) is 0 Å². The molecule has 0 aliphatic carbocycles. The van der Waals surface area contributed by atoms with Gasteiger partial charge >= 0.3 is 5.97 Å². The molecule has 0 aromatic heterocycles. The van der Waals surface area contributed by atoms with Gasteiger partial charge in [0.2, 0.25) is 11.8 Å². The molecular formula is C13H14N2O4. The Morgan fingerprint density at radius 2 is 2.00 bits per heavy atom. The number of hydrogen-bond acceptors (Lipinski definition) is 3. The van der Waals surface area contributed by atoms with Crippen LogP contribution in [-0.4, -0.2) is 28.9 Å². The van der Waals surface area contributed by atoms with Gasteiger partial charge in [-0.2, -0.15) is 0 Å². The molecule has 1 aliphatic rings. The topological polar surface area (TPSA) is 95.5 Å². The van der Waals surface area contributed by atoms with Crippen LogP contribution in [-0.2, 0) is 14.4 Å². The summed E-state index contributed by atoms with van der Waals surface area (Å²) in [4.78, 5) is 34.1. The number of hydrogen-bond donors (Lipinski definition) is 3. The van der Waals surface area contributed by atoms with E-state index < -0.39 is 24.0 Å². The average Bonchev–Trinajstić information content (AvgIpc) is 2.83. The van der Waals surface area contributed by atoms with Crippen LogP contribution in [0.4, 0.5) is 0 Å². The molecule has 3 N–H and O–H groups in total. The summed E-state index contributed by atoms with van der Waals surface area (Å²) in [5.74, 6) is -1.79. The van der Waals surface area contributed by atoms with Crippen LogP contribution in [0.1, 0.15) is 24.4 Å². The molecule has 6 nitrogen and oxygen atoms in total. The molecule has 1 aromatic carbocycles. The Morgan fingerprint density at radius 3 is 2.53 bits per heavy atom. The monoisotopic (exact) mass is 262 g/mol. The number of carbonyl (C=O) groups is 3. The number of aliphatic carboxylic acids is 1. The third-order valence-corrected chi connectivity index (χ3v) is 2.98. The minimum atomic E-state index is -1.14. The highest BCUT2D eigenvalue weighted by Gasteiger charge is 2.30. The van der Waals surface area contributed by atoms with Crippen molar-refractivity contribution in [2.45, 2.75) is 24.9 Å². The molecule has 2 amide bonds. The van der Waals surface area contributed by atoms with Crippen molar-refractivity contribution in [2.24, 2.45) is 0 Å². The minimum Gasteiger partial charge on any atom is -0.479 e. The van der Waals surface area contributed by atoms with Gasteiger partial charge in [0, 0.05) is 6.42 Å². The predicted molar refractivity (Wildman–Crippen MR) is 66.1 cm³/mol. The first kappa shape index (κ1) is 13.1. The highest BCUT2D eigenvalue weighted by atomic mass is 16.4. The third kappa shape index (κ3) is 3.09. The van der Waals surface area contributed by atoms with Gasteiger partial charge in [-0.05, 0) is 12.0 Å². The van der Waals surface area contributed by atoms with Crippen LogP contribution in [0.25, 0.3) is 0 Å². The summed E-state index contributed by atoms with van der Waals surface area (Å²) in [5, 5.41) is 14.1. The van der Waals surface area contributed by atoms with E-state index in [9.17, 15) is 14.4 Å². The molecule has 1 aromatic rings. The van der Waals surface area contributed by atoms with Gasteiger partial charge in [-0.3, -0.25) is 9.59 Å². The summed E-state index contributed by atoms with van der Waals surface area (Å²) in [6, 6.07) is 6.69. The number of carboxylic acids is 1. The molecule has 0 saturated carbocycles. The molecule has 100 valence electrons. The quantitative estimate of drug-likeness (QED) is 0.722. The summed E-state index contributed by atoms with van der Waals surface area (Å²) >= 11 is 0. The number of rotatable bonds is 4. The van der Waals surface area contributed by atoms with Crippen molar-refractivity contribution in [3.63, 3.8) is 0 Å². The van der Waals surface area contributed by atoms with Gasteiger partial charge in [0.15, 0.2) is 6.04 Å². The lowest BCUT2D eigenvalue weighted by Crippen LogP contribution is -2.44. The van der Waals surface area contributed by atoms with Crippen LogP contribution in [0.3, 0.4) is 0 Å². The van der Waals surface area contributed by atoms with E-state index in [1.54, 1.807) is 30.3 Å². The van der Waals surface area contributed by atoms with Gasteiger partial charge in [-0.1, -0.05) is 30.3 Å². The lowest BCUT2D eigenvalue weighted by molar-refractivity contribution is -0.142. The van der Waals surface area contributed by atoms with E-state index in [0.29, 0.717) is 18.4 Å². The zero-order valence-corrected chi connectivity index (χ0v) is 10.1. The Hall–Kier alpha value is -2.37. The predicted octanol–water partition coefficient (Wildman–Crippen LogP) is 0.207. The van der Waals surface area contributed by atoms with E-state index in [1.807, 2.05) is 0 Å². The molecule has 1 unspecified atom stereocenters. The van der Waals surface area contributed by atoms with Crippen molar-refractivity contribution < 1.29 is 19.5 Å². The fraction of sp³-hybridized carbons (Fsp3) is 0.308. The molecular weight excluding hydrogens is 248 g/mol. The lowest BCUT2D eigenvalue weighted by atomic mass is 10.1. The van der Waals surface area contributed by atoms with Crippen LogP contribution in [0, 0.1) is 0 Å². The van der Waals surface area contributed by atoms with Crippen molar-refractivity contribution in [1.29, 1.82) is 0 Å². The van der Waals surface area contributed by atoms with Gasteiger partial charge in [0.25, 0.3) is 0 Å². The van der Waals surface area contributed by atoms with Crippen LogP contribution in [0.15, 0.2) is 30.3 Å². The standard InChI is InChI=1S/C13H14N2O4/c16-10-7-6-9(14-10)12(17)15-11(13(18)19)8-4-2-1-3-5-8/h1-5,9,11H,6-7H2,(H,14,16)(H,15,17)(H,18,19)/t9?,11-/m1/s1. The fourth-order valence-electron chi connectivity index (χ4n) is 1.99. The van der Waals surface area contributed by atoms with Gasteiger partial charge in [0.05, 0.1) is 0 Å². The third-order valence-electron chi connectivity index (χ3n) is 2.98. The molecule has 1 aliphatic heterocycles. The maximum absolute atomic E-state index is 11.9. The maximum Gasteiger partial charge on any atom is 0.330 e. The molecule has 1 saturated heterocycles. The number of amides is 2. The maximum atomic E-state index is 11.9. The molecule has 0 radical (unpaired) electrons. The zero-order valence-electron chi connectivity index (χ0n) is 10.1. The van der Waals surface area contributed by atoms with Crippen LogP contribution in [0.2, 0.25) is 0 Å². The van der Waals surface area contributed by atoms with Crippen molar-refractivity contribution in [3.8, 4) is 0 Å². The first-order valence-corrected chi connectivity index (χ1v) is 5.95. The van der Waals surface area contributed by atoms with Crippen LogP contribution < -0.4 is 10.6 Å². The van der Waals surface area contributed by atoms with Crippen molar-refractivity contribution >= 4 is 17.8 Å². The fourth-order valence-corrected chi connectivity index (χ4v) is 1.99. The molecule has 0 spiro atoms. The highest BCUT2D eigenvalue weighted by molar-refractivity contribution is 5.93. The Kier molecular flexibility index (Phi) is 3.79. The van der Waals surface area contributed by atoms with E-state index in [-0.39, 0.29) is 5.91 Å². The molecule has 1 fully saturated rings. The Balaban J connectivity index is 2.07. The number of nitrogens with one attached hydrogen (secondary N) is 2. The first-order valence-electron chi connectivity index (χ1n) is 5.95. The Bertz CT molecular complexity index is 501. The number of carboxylic acid groups (broad SMARTS) is 1. The van der Waals surface area contributed by atoms with Crippen LogP contribution in [0.5, 0.6) is 0 Å². The van der Waals surface area contributed by atoms with Gasteiger partial charge in [-0.15, -0.1) is 0 Å². The summed E-state index contributed by atoms with van der Waals surface area (Å²) < 4.78 is 0. The van der Waals surface area contributed by atoms with Crippen molar-refractivity contribution in [1.82, 2.24) is 10.6 Å². The van der Waals surface area contributed by atoms with Crippen molar-refractivity contribution in [3.05, 3.63) is 35.9 Å². The molecule has 1 heterocycles. The second-order valence-corrected chi connectivity index (χ2v) is 4.35. The number of carbonyl (C=O) groups excluding carboxylic acids is 2. The van der Waals surface area contributed by atoms with E-state index in [0.717, 1.165) is 0 Å². The largest absolute Gasteiger partial charge is 0.479 e. The van der Waals surface area contributed by atoms with Gasteiger partial charge in [0.1, 0.15) is 6.04 Å². The van der Waals surface area contributed by atoms with E-state index in [2.05, 4.69) is 10.6 Å². The van der Waals surface area contributed by atoms with Gasteiger partial charge < -0.3 is 15.7 Å². The Labute approximate surface area is 109 Å². The summed E-state index contributed by atoms with van der Waals surface area (Å²) in [6.07, 6.45) is 0.687. The minimum absolute atomic E-state index is 0.188. The summed E-state index contributed by atoms with van der Waals surface area (Å²) in [6.45, 7) is 0. The second-order valence-electron chi connectivity index (χ2n) is 4.35. The molecule has 0 bridgehead atoms. The number of benzene rings is 1. The Morgan fingerprint density at radius 1 is 1.32 bits per heavy atom. The first-order chi connectivity index (χ1) is 9.08. The summed E-state index contributed by atoms with van der Waals surface area (Å²) in [7, 11) is 0. The van der Waals surface area contributed by atoms with E-state index in [4.69, 9.17) is 5.11 Å². The molecule has 19 heavy (non-hydrogen) atoms. The molecule has 2 atom stereocenters. The van der Waals surface area contributed by atoms with E-state index >= 15 is 0 Å². The molecule has 6 heteroatoms. The lowest BCUT2D eigenvalue weighted by Gasteiger charge is -2.17.